The van der Waals surface area contributed by atoms with E-state index < -0.39 is 0 Å². The summed E-state index contributed by atoms with van der Waals surface area (Å²) in [6.45, 7) is 5.89. The first-order valence-electron chi connectivity index (χ1n) is 6.24. The number of nitrogens with zero attached hydrogens (tertiary/aromatic N) is 2. The molecule has 1 aliphatic carbocycles. The minimum Gasteiger partial charge on any atom is -0.357 e. The highest BCUT2D eigenvalue weighted by molar-refractivity contribution is 7.11. The molecule has 0 saturated heterocycles. The summed E-state index contributed by atoms with van der Waals surface area (Å²) in [5.74, 6) is 0.947. The maximum atomic E-state index is 4.56. The molecule has 94 valence electrons. The van der Waals surface area contributed by atoms with Gasteiger partial charge in [-0.2, -0.15) is 0 Å². The molecule has 1 saturated carbocycles. The monoisotopic (exact) mass is 252 g/mol. The van der Waals surface area contributed by atoms with E-state index in [9.17, 15) is 0 Å². The van der Waals surface area contributed by atoms with Crippen molar-refractivity contribution in [1.82, 2.24) is 15.6 Å². The lowest BCUT2D eigenvalue weighted by Gasteiger charge is -2.09. The molecule has 1 heterocycles. The summed E-state index contributed by atoms with van der Waals surface area (Å²) in [6.07, 6.45) is 5.41. The van der Waals surface area contributed by atoms with Crippen LogP contribution in [0.3, 0.4) is 0 Å². The zero-order chi connectivity index (χ0) is 12.1. The van der Waals surface area contributed by atoms with Crippen molar-refractivity contribution < 1.29 is 0 Å². The molecule has 0 atom stereocenters. The number of aryl methyl sites for hydroxylation is 1. The standard InChI is InChI=1S/C12H20N4S/c1-3-13-12(16-10-4-5-10)14-7-6-11-15-8-9(2)17-11/h8,10H,3-7H2,1-2H3,(H2,13,14,16). The van der Waals surface area contributed by atoms with Crippen molar-refractivity contribution in [2.45, 2.75) is 39.2 Å². The van der Waals surface area contributed by atoms with Gasteiger partial charge in [-0.1, -0.05) is 0 Å². The first-order valence-corrected chi connectivity index (χ1v) is 7.05. The van der Waals surface area contributed by atoms with Crippen LogP contribution in [0.5, 0.6) is 0 Å². The molecule has 0 unspecified atom stereocenters. The molecule has 0 bridgehead atoms. The van der Waals surface area contributed by atoms with E-state index in [4.69, 9.17) is 0 Å². The van der Waals surface area contributed by atoms with E-state index in [2.05, 4.69) is 34.5 Å². The Bertz CT molecular complexity index is 382. The Labute approximate surface area is 107 Å². The number of nitrogens with one attached hydrogen (secondary N) is 2. The quantitative estimate of drug-likeness (QED) is 0.619. The fourth-order valence-corrected chi connectivity index (χ4v) is 2.30. The lowest BCUT2D eigenvalue weighted by Crippen LogP contribution is -2.38. The summed E-state index contributed by atoms with van der Waals surface area (Å²) in [5.41, 5.74) is 0. The molecule has 1 aliphatic rings. The summed E-state index contributed by atoms with van der Waals surface area (Å²) < 4.78 is 0. The number of guanidine groups is 1. The zero-order valence-electron chi connectivity index (χ0n) is 10.5. The number of hydrogen-bond acceptors (Lipinski definition) is 3. The molecule has 1 aromatic heterocycles. The Hall–Kier alpha value is -1.10. The highest BCUT2D eigenvalue weighted by Crippen LogP contribution is 2.18. The normalized spacial score (nSPS) is 16.0. The molecule has 0 amide bonds. The molecular formula is C12H20N4S. The van der Waals surface area contributed by atoms with Crippen LogP contribution in [0, 0.1) is 6.92 Å². The molecule has 1 aromatic rings. The highest BCUT2D eigenvalue weighted by Gasteiger charge is 2.21. The van der Waals surface area contributed by atoms with Gasteiger partial charge in [0.25, 0.3) is 0 Å². The summed E-state index contributed by atoms with van der Waals surface area (Å²) in [6, 6.07) is 0.648. The van der Waals surface area contributed by atoms with Crippen LogP contribution in [0.2, 0.25) is 0 Å². The Kier molecular flexibility index (Phi) is 4.36. The molecular weight excluding hydrogens is 232 g/mol. The van der Waals surface area contributed by atoms with Crippen LogP contribution in [0.15, 0.2) is 11.2 Å². The van der Waals surface area contributed by atoms with Gasteiger partial charge < -0.3 is 10.6 Å². The number of rotatable bonds is 5. The van der Waals surface area contributed by atoms with E-state index in [0.717, 1.165) is 25.5 Å². The molecule has 17 heavy (non-hydrogen) atoms. The number of aliphatic imine (C=N–C) groups is 1. The van der Waals surface area contributed by atoms with E-state index in [-0.39, 0.29) is 0 Å². The van der Waals surface area contributed by atoms with Gasteiger partial charge in [0.2, 0.25) is 0 Å². The predicted molar refractivity (Wildman–Crippen MR) is 72.7 cm³/mol. The van der Waals surface area contributed by atoms with Gasteiger partial charge in [0, 0.05) is 36.6 Å². The molecule has 5 heteroatoms. The second kappa shape index (κ2) is 6.00. The SMILES string of the molecule is CCNC(=NCCc1ncc(C)s1)NC1CC1. The van der Waals surface area contributed by atoms with Crippen molar-refractivity contribution in [3.63, 3.8) is 0 Å². The molecule has 2 N–H and O–H groups in total. The molecule has 4 nitrogen and oxygen atoms in total. The second-order valence-electron chi connectivity index (χ2n) is 4.29. The molecule has 0 radical (unpaired) electrons. The van der Waals surface area contributed by atoms with E-state index in [1.165, 1.54) is 22.7 Å². The Morgan fingerprint density at radius 1 is 1.59 bits per heavy atom. The van der Waals surface area contributed by atoms with Gasteiger partial charge in [-0.3, -0.25) is 4.99 Å². The summed E-state index contributed by atoms with van der Waals surface area (Å²) in [7, 11) is 0. The summed E-state index contributed by atoms with van der Waals surface area (Å²) in [4.78, 5) is 10.2. The average Bonchev–Trinajstić information content (AvgIpc) is 3.01. The van der Waals surface area contributed by atoms with Crippen LogP contribution >= 0.6 is 11.3 Å². The average molecular weight is 252 g/mol. The van der Waals surface area contributed by atoms with Crippen LogP contribution in [0.1, 0.15) is 29.7 Å². The Balaban J connectivity index is 1.79. The second-order valence-corrected chi connectivity index (χ2v) is 5.61. The summed E-state index contributed by atoms with van der Waals surface area (Å²) >= 11 is 1.76. The lowest BCUT2D eigenvalue weighted by molar-refractivity contribution is 0.807. The van der Waals surface area contributed by atoms with Crippen molar-refractivity contribution in [1.29, 1.82) is 0 Å². The first kappa shape index (κ1) is 12.4. The highest BCUT2D eigenvalue weighted by atomic mass is 32.1. The topological polar surface area (TPSA) is 49.3 Å². The van der Waals surface area contributed by atoms with Gasteiger partial charge in [0.15, 0.2) is 5.96 Å². The van der Waals surface area contributed by atoms with E-state index >= 15 is 0 Å². The largest absolute Gasteiger partial charge is 0.357 e. The Morgan fingerprint density at radius 2 is 2.41 bits per heavy atom. The first-order chi connectivity index (χ1) is 8.28. The predicted octanol–water partition coefficient (Wildman–Crippen LogP) is 1.71. The molecule has 0 spiro atoms. The zero-order valence-corrected chi connectivity index (χ0v) is 11.3. The van der Waals surface area contributed by atoms with Crippen LogP contribution in [0.25, 0.3) is 0 Å². The number of hydrogen-bond donors (Lipinski definition) is 2. The van der Waals surface area contributed by atoms with Crippen LogP contribution in [0.4, 0.5) is 0 Å². The van der Waals surface area contributed by atoms with Gasteiger partial charge >= 0.3 is 0 Å². The summed E-state index contributed by atoms with van der Waals surface area (Å²) in [5, 5.41) is 7.85. The maximum Gasteiger partial charge on any atom is 0.191 e. The van der Waals surface area contributed by atoms with Gasteiger partial charge in [-0.15, -0.1) is 11.3 Å². The fourth-order valence-electron chi connectivity index (χ4n) is 1.52. The van der Waals surface area contributed by atoms with E-state index in [0.29, 0.717) is 6.04 Å². The van der Waals surface area contributed by atoms with Crippen molar-refractivity contribution in [2.24, 2.45) is 4.99 Å². The third-order valence-corrected chi connectivity index (χ3v) is 3.50. The third kappa shape index (κ3) is 4.34. The molecule has 0 aromatic carbocycles. The molecule has 0 aliphatic heterocycles. The fraction of sp³-hybridized carbons (Fsp3) is 0.667. The van der Waals surface area contributed by atoms with Crippen molar-refractivity contribution in [3.05, 3.63) is 16.1 Å². The van der Waals surface area contributed by atoms with Crippen molar-refractivity contribution in [2.75, 3.05) is 13.1 Å². The van der Waals surface area contributed by atoms with Gasteiger partial charge in [0.1, 0.15) is 0 Å². The van der Waals surface area contributed by atoms with Crippen LogP contribution in [-0.4, -0.2) is 30.1 Å². The van der Waals surface area contributed by atoms with Crippen LogP contribution < -0.4 is 10.6 Å². The minimum absolute atomic E-state index is 0.648. The third-order valence-electron chi connectivity index (χ3n) is 2.53. The van der Waals surface area contributed by atoms with Crippen molar-refractivity contribution >= 4 is 17.3 Å². The molecule has 2 rings (SSSR count). The smallest absolute Gasteiger partial charge is 0.191 e. The van der Waals surface area contributed by atoms with Crippen molar-refractivity contribution in [3.8, 4) is 0 Å². The minimum atomic E-state index is 0.648. The van der Waals surface area contributed by atoms with Gasteiger partial charge in [0.05, 0.1) is 5.01 Å². The lowest BCUT2D eigenvalue weighted by atomic mass is 10.4. The van der Waals surface area contributed by atoms with E-state index in [1.807, 2.05) is 6.20 Å². The maximum absolute atomic E-state index is 4.56. The molecule has 1 fully saturated rings. The van der Waals surface area contributed by atoms with Gasteiger partial charge in [-0.25, -0.2) is 4.98 Å². The number of thiazole rings is 1. The van der Waals surface area contributed by atoms with Crippen LogP contribution in [-0.2, 0) is 6.42 Å². The van der Waals surface area contributed by atoms with E-state index in [1.54, 1.807) is 11.3 Å². The number of aromatic nitrogens is 1. The van der Waals surface area contributed by atoms with Gasteiger partial charge in [-0.05, 0) is 26.7 Å². The Morgan fingerprint density at radius 3 is 3.00 bits per heavy atom.